The third kappa shape index (κ3) is 3.27. The second-order valence-corrected chi connectivity index (χ2v) is 6.23. The number of nitrogens with one attached hydrogen (secondary N) is 1. The Morgan fingerprint density at radius 1 is 1.07 bits per heavy atom. The first-order valence-corrected chi connectivity index (χ1v) is 8.55. The molecule has 0 unspecified atom stereocenters. The summed E-state index contributed by atoms with van der Waals surface area (Å²) in [6.07, 6.45) is 1.60. The molecule has 1 aromatic heterocycles. The van der Waals surface area contributed by atoms with Gasteiger partial charge in [-0.3, -0.25) is 4.79 Å². The monoisotopic (exact) mass is 358 g/mol. The fraction of sp³-hybridized carbons (Fsp3) is 0.0909. The van der Waals surface area contributed by atoms with Crippen molar-refractivity contribution in [1.82, 2.24) is 5.43 Å². The average Bonchev–Trinajstić information content (AvgIpc) is 3.14. The molecule has 0 aliphatic carbocycles. The highest BCUT2D eigenvalue weighted by Crippen LogP contribution is 2.28. The number of methoxy groups -OCH3 is 1. The maximum atomic E-state index is 12.4. The minimum Gasteiger partial charge on any atom is -0.497 e. The van der Waals surface area contributed by atoms with E-state index >= 15 is 0 Å². The predicted molar refractivity (Wildman–Crippen MR) is 107 cm³/mol. The zero-order valence-electron chi connectivity index (χ0n) is 15.0. The minimum atomic E-state index is -0.391. The second-order valence-electron chi connectivity index (χ2n) is 6.23. The summed E-state index contributed by atoms with van der Waals surface area (Å²) in [5, 5.41) is 7.11. The Morgan fingerprint density at radius 3 is 2.74 bits per heavy atom. The van der Waals surface area contributed by atoms with E-state index in [2.05, 4.69) is 10.5 Å². The van der Waals surface area contributed by atoms with Gasteiger partial charge in [0.2, 0.25) is 0 Å². The van der Waals surface area contributed by atoms with Gasteiger partial charge in [0.05, 0.1) is 13.3 Å². The lowest BCUT2D eigenvalue weighted by Gasteiger charge is -2.03. The molecular weight excluding hydrogens is 340 g/mol. The van der Waals surface area contributed by atoms with Crippen molar-refractivity contribution < 1.29 is 13.9 Å². The van der Waals surface area contributed by atoms with Crippen LogP contribution in [0.3, 0.4) is 0 Å². The lowest BCUT2D eigenvalue weighted by Crippen LogP contribution is -2.16. The third-order valence-corrected chi connectivity index (χ3v) is 4.50. The number of carbonyl (C=O) groups is 1. The van der Waals surface area contributed by atoms with Gasteiger partial charge in [-0.1, -0.05) is 30.3 Å². The van der Waals surface area contributed by atoms with Crippen LogP contribution in [0.5, 0.6) is 5.75 Å². The molecule has 0 aliphatic rings. The molecule has 4 rings (SSSR count). The van der Waals surface area contributed by atoms with Gasteiger partial charge in [-0.2, -0.15) is 5.10 Å². The SMILES string of the molecule is COc1ccc(/C=N/NC(=O)c2cc3c(ccc4ccccc43)o2)c(C)c1. The predicted octanol–water partition coefficient (Wildman–Crippen LogP) is 4.67. The number of rotatable bonds is 4. The van der Waals surface area contributed by atoms with Crippen molar-refractivity contribution >= 4 is 33.9 Å². The third-order valence-electron chi connectivity index (χ3n) is 4.50. The van der Waals surface area contributed by atoms with Crippen molar-refractivity contribution in [1.29, 1.82) is 0 Å². The number of nitrogens with zero attached hydrogens (tertiary/aromatic N) is 1. The van der Waals surface area contributed by atoms with E-state index in [0.717, 1.165) is 33.0 Å². The number of aryl methyl sites for hydroxylation is 1. The van der Waals surface area contributed by atoms with Crippen LogP contribution in [0, 0.1) is 6.92 Å². The molecule has 27 heavy (non-hydrogen) atoms. The number of amides is 1. The van der Waals surface area contributed by atoms with Gasteiger partial charge < -0.3 is 9.15 Å². The topological polar surface area (TPSA) is 63.8 Å². The second kappa shape index (κ2) is 6.96. The number of hydrogen-bond donors (Lipinski definition) is 1. The lowest BCUT2D eigenvalue weighted by atomic mass is 10.1. The van der Waals surface area contributed by atoms with Crippen molar-refractivity contribution in [3.05, 3.63) is 77.6 Å². The van der Waals surface area contributed by atoms with Crippen molar-refractivity contribution in [2.24, 2.45) is 5.10 Å². The van der Waals surface area contributed by atoms with Gasteiger partial charge >= 0.3 is 5.91 Å². The summed E-state index contributed by atoms with van der Waals surface area (Å²) in [5.74, 6) is 0.617. The first-order chi connectivity index (χ1) is 13.2. The maximum absolute atomic E-state index is 12.4. The van der Waals surface area contributed by atoms with E-state index in [1.807, 2.05) is 61.5 Å². The molecule has 1 N–H and O–H groups in total. The fourth-order valence-corrected chi connectivity index (χ4v) is 3.04. The molecule has 0 saturated heterocycles. The quantitative estimate of drug-likeness (QED) is 0.426. The summed E-state index contributed by atoms with van der Waals surface area (Å²) in [6, 6.07) is 19.2. The van der Waals surface area contributed by atoms with Crippen LogP contribution in [0.2, 0.25) is 0 Å². The standard InChI is InChI=1S/C22H18N2O3/c1-14-11-17(26-2)9-7-16(14)13-23-24-22(25)21-12-19-18-6-4-3-5-15(18)8-10-20(19)27-21/h3-13H,1-2H3,(H,24,25)/b23-13+. The van der Waals surface area contributed by atoms with Gasteiger partial charge in [0.25, 0.3) is 0 Å². The average molecular weight is 358 g/mol. The van der Waals surface area contributed by atoms with Gasteiger partial charge in [-0.05, 0) is 59.2 Å². The molecule has 3 aromatic carbocycles. The number of ether oxygens (including phenoxy) is 1. The molecule has 5 nitrogen and oxygen atoms in total. The van der Waals surface area contributed by atoms with E-state index in [0.29, 0.717) is 5.58 Å². The van der Waals surface area contributed by atoms with Gasteiger partial charge in [0, 0.05) is 5.39 Å². The molecule has 1 heterocycles. The number of fused-ring (bicyclic) bond motifs is 3. The Bertz CT molecular complexity index is 1170. The Hall–Kier alpha value is -3.60. The largest absolute Gasteiger partial charge is 0.497 e. The van der Waals surface area contributed by atoms with Crippen molar-refractivity contribution in [3.63, 3.8) is 0 Å². The molecule has 0 fully saturated rings. The smallest absolute Gasteiger partial charge is 0.307 e. The van der Waals surface area contributed by atoms with Crippen molar-refractivity contribution in [2.75, 3.05) is 7.11 Å². The van der Waals surface area contributed by atoms with Crippen LogP contribution in [-0.4, -0.2) is 19.2 Å². The molecule has 0 radical (unpaired) electrons. The Labute approximate surface area is 156 Å². The molecule has 0 spiro atoms. The van der Waals surface area contributed by atoms with Gasteiger partial charge in [-0.25, -0.2) is 5.43 Å². The summed E-state index contributed by atoms with van der Waals surface area (Å²) in [5.41, 5.74) is 5.09. The number of furan rings is 1. The maximum Gasteiger partial charge on any atom is 0.307 e. The Kier molecular flexibility index (Phi) is 4.34. The summed E-state index contributed by atoms with van der Waals surface area (Å²) < 4.78 is 10.9. The number of hydrogen-bond acceptors (Lipinski definition) is 4. The normalized spacial score (nSPS) is 11.3. The van der Waals surface area contributed by atoms with E-state index in [4.69, 9.17) is 9.15 Å². The van der Waals surface area contributed by atoms with E-state index in [1.54, 1.807) is 19.4 Å². The minimum absolute atomic E-state index is 0.227. The van der Waals surface area contributed by atoms with Gasteiger partial charge in [-0.15, -0.1) is 0 Å². The van der Waals surface area contributed by atoms with Crippen LogP contribution in [0.25, 0.3) is 21.7 Å². The van der Waals surface area contributed by atoms with Crippen LogP contribution < -0.4 is 10.2 Å². The molecule has 0 atom stereocenters. The van der Waals surface area contributed by atoms with Crippen LogP contribution in [0.4, 0.5) is 0 Å². The molecule has 0 saturated carbocycles. The van der Waals surface area contributed by atoms with Crippen molar-refractivity contribution in [2.45, 2.75) is 6.92 Å². The number of benzene rings is 3. The van der Waals surface area contributed by atoms with E-state index in [1.165, 1.54) is 0 Å². The summed E-state index contributed by atoms with van der Waals surface area (Å²) >= 11 is 0. The highest BCUT2D eigenvalue weighted by atomic mass is 16.5. The van der Waals surface area contributed by atoms with Gasteiger partial charge in [0.15, 0.2) is 5.76 Å². The zero-order chi connectivity index (χ0) is 18.8. The number of hydrazone groups is 1. The summed E-state index contributed by atoms with van der Waals surface area (Å²) in [4.78, 5) is 12.4. The Balaban J connectivity index is 1.55. The van der Waals surface area contributed by atoms with Crippen LogP contribution in [-0.2, 0) is 0 Å². The van der Waals surface area contributed by atoms with E-state index in [-0.39, 0.29) is 5.76 Å². The summed E-state index contributed by atoms with van der Waals surface area (Å²) in [7, 11) is 1.62. The molecular formula is C22H18N2O3. The summed E-state index contributed by atoms with van der Waals surface area (Å²) in [6.45, 7) is 1.95. The molecule has 5 heteroatoms. The molecule has 134 valence electrons. The molecule has 0 bridgehead atoms. The highest BCUT2D eigenvalue weighted by Gasteiger charge is 2.13. The van der Waals surface area contributed by atoms with E-state index in [9.17, 15) is 4.79 Å². The first-order valence-electron chi connectivity index (χ1n) is 8.55. The van der Waals surface area contributed by atoms with E-state index < -0.39 is 5.91 Å². The van der Waals surface area contributed by atoms with Crippen molar-refractivity contribution in [3.8, 4) is 5.75 Å². The first kappa shape index (κ1) is 16.8. The molecule has 1 amide bonds. The number of carbonyl (C=O) groups excluding carboxylic acids is 1. The van der Waals surface area contributed by atoms with Crippen LogP contribution in [0.15, 0.2) is 70.2 Å². The highest BCUT2D eigenvalue weighted by molar-refractivity contribution is 6.08. The molecule has 4 aromatic rings. The van der Waals surface area contributed by atoms with Crippen LogP contribution >= 0.6 is 0 Å². The van der Waals surface area contributed by atoms with Crippen LogP contribution in [0.1, 0.15) is 21.7 Å². The zero-order valence-corrected chi connectivity index (χ0v) is 15.0. The van der Waals surface area contributed by atoms with Gasteiger partial charge in [0.1, 0.15) is 11.3 Å². The molecule has 0 aliphatic heterocycles. The lowest BCUT2D eigenvalue weighted by molar-refractivity contribution is 0.0929. The fourth-order valence-electron chi connectivity index (χ4n) is 3.04. The Morgan fingerprint density at radius 2 is 1.93 bits per heavy atom.